The van der Waals surface area contributed by atoms with Crippen LogP contribution >= 0.6 is 0 Å². The fourth-order valence-corrected chi connectivity index (χ4v) is 3.73. The standard InChI is InChI=1S/C25H30N2O5/c1-5-31-19-12-10-17(11-13-19)22-21(24(29)25(30)27(22)15-14-26(3)4)23(28)18-8-7-9-20(16-18)32-6-2/h7-13,16,22,28H,5-6,14-15H2,1-4H3. The number of hydrogen-bond donors (Lipinski definition) is 1. The van der Waals surface area contributed by atoms with Gasteiger partial charge in [0.2, 0.25) is 0 Å². The maximum Gasteiger partial charge on any atom is 0.295 e. The summed E-state index contributed by atoms with van der Waals surface area (Å²) in [6.45, 7) is 5.73. The highest BCUT2D eigenvalue weighted by atomic mass is 16.5. The molecule has 7 nitrogen and oxygen atoms in total. The third-order valence-corrected chi connectivity index (χ3v) is 5.25. The Kier molecular flexibility index (Phi) is 7.53. The van der Waals surface area contributed by atoms with Crippen molar-refractivity contribution in [2.75, 3.05) is 40.4 Å². The quantitative estimate of drug-likeness (QED) is 0.367. The summed E-state index contributed by atoms with van der Waals surface area (Å²) in [5.74, 6) is -0.242. The summed E-state index contributed by atoms with van der Waals surface area (Å²) in [7, 11) is 3.81. The summed E-state index contributed by atoms with van der Waals surface area (Å²) >= 11 is 0. The molecule has 1 aliphatic heterocycles. The van der Waals surface area contributed by atoms with Crippen LogP contribution in [0.2, 0.25) is 0 Å². The summed E-state index contributed by atoms with van der Waals surface area (Å²) in [5, 5.41) is 11.2. The minimum atomic E-state index is -0.693. The highest BCUT2D eigenvalue weighted by Gasteiger charge is 2.45. The van der Waals surface area contributed by atoms with E-state index in [4.69, 9.17) is 9.47 Å². The number of aliphatic hydroxyl groups is 1. The van der Waals surface area contributed by atoms with Gasteiger partial charge in [-0.2, -0.15) is 0 Å². The van der Waals surface area contributed by atoms with Crippen LogP contribution in [0.25, 0.3) is 5.76 Å². The van der Waals surface area contributed by atoms with E-state index in [1.807, 2.05) is 45.0 Å². The number of carbonyl (C=O) groups excluding carboxylic acids is 2. The molecule has 2 aromatic carbocycles. The fourth-order valence-electron chi connectivity index (χ4n) is 3.73. The van der Waals surface area contributed by atoms with Gasteiger partial charge in [0.15, 0.2) is 0 Å². The molecule has 170 valence electrons. The smallest absolute Gasteiger partial charge is 0.295 e. The molecule has 1 unspecified atom stereocenters. The van der Waals surface area contributed by atoms with Gasteiger partial charge in [0, 0.05) is 18.7 Å². The zero-order valence-electron chi connectivity index (χ0n) is 19.0. The molecule has 0 aliphatic carbocycles. The molecular formula is C25H30N2O5. The largest absolute Gasteiger partial charge is 0.507 e. The monoisotopic (exact) mass is 438 g/mol. The van der Waals surface area contributed by atoms with Crippen LogP contribution < -0.4 is 9.47 Å². The van der Waals surface area contributed by atoms with E-state index in [2.05, 4.69) is 0 Å². The van der Waals surface area contributed by atoms with E-state index < -0.39 is 17.7 Å². The van der Waals surface area contributed by atoms with Gasteiger partial charge in [-0.1, -0.05) is 24.3 Å². The first-order chi connectivity index (χ1) is 15.4. The van der Waals surface area contributed by atoms with Crippen LogP contribution in [0.15, 0.2) is 54.1 Å². The van der Waals surface area contributed by atoms with E-state index in [-0.39, 0.29) is 11.3 Å². The molecule has 1 amide bonds. The van der Waals surface area contributed by atoms with Crippen molar-refractivity contribution < 1.29 is 24.2 Å². The number of likely N-dealkylation sites (N-methyl/N-ethyl adjacent to an activating group) is 1. The molecule has 1 atom stereocenters. The van der Waals surface area contributed by atoms with Crippen LogP contribution in [0.4, 0.5) is 0 Å². The van der Waals surface area contributed by atoms with Crippen LogP contribution in [0.3, 0.4) is 0 Å². The van der Waals surface area contributed by atoms with Crippen LogP contribution in [-0.2, 0) is 9.59 Å². The number of amides is 1. The predicted octanol–water partition coefficient (Wildman–Crippen LogP) is 3.47. The molecule has 7 heteroatoms. The Labute approximate surface area is 188 Å². The Morgan fingerprint density at radius 2 is 1.66 bits per heavy atom. The lowest BCUT2D eigenvalue weighted by atomic mass is 9.95. The third kappa shape index (κ3) is 4.94. The van der Waals surface area contributed by atoms with Gasteiger partial charge in [0.25, 0.3) is 11.7 Å². The number of hydrogen-bond acceptors (Lipinski definition) is 6. The summed E-state index contributed by atoms with van der Waals surface area (Å²) in [5.41, 5.74) is 1.23. The lowest BCUT2D eigenvalue weighted by Crippen LogP contribution is -2.35. The van der Waals surface area contributed by atoms with Crippen molar-refractivity contribution in [3.8, 4) is 11.5 Å². The van der Waals surface area contributed by atoms with E-state index in [1.54, 1.807) is 36.4 Å². The molecule has 0 saturated carbocycles. The number of carbonyl (C=O) groups is 2. The third-order valence-electron chi connectivity index (χ3n) is 5.25. The van der Waals surface area contributed by atoms with Crippen molar-refractivity contribution >= 4 is 17.4 Å². The maximum absolute atomic E-state index is 13.1. The van der Waals surface area contributed by atoms with Crippen molar-refractivity contribution in [3.63, 3.8) is 0 Å². The van der Waals surface area contributed by atoms with Gasteiger partial charge < -0.3 is 24.4 Å². The average Bonchev–Trinajstić information content (AvgIpc) is 3.03. The second kappa shape index (κ2) is 10.3. The molecular weight excluding hydrogens is 408 g/mol. The zero-order valence-corrected chi connectivity index (χ0v) is 19.0. The second-order valence-corrected chi connectivity index (χ2v) is 7.76. The van der Waals surface area contributed by atoms with E-state index in [0.717, 1.165) is 5.56 Å². The lowest BCUT2D eigenvalue weighted by Gasteiger charge is -2.26. The minimum Gasteiger partial charge on any atom is -0.507 e. The molecule has 1 N–H and O–H groups in total. The summed E-state index contributed by atoms with van der Waals surface area (Å²) in [4.78, 5) is 29.5. The van der Waals surface area contributed by atoms with Crippen molar-refractivity contribution in [2.45, 2.75) is 19.9 Å². The van der Waals surface area contributed by atoms with Gasteiger partial charge in [-0.3, -0.25) is 9.59 Å². The van der Waals surface area contributed by atoms with Crippen molar-refractivity contribution in [2.24, 2.45) is 0 Å². The number of likely N-dealkylation sites (tertiary alicyclic amines) is 1. The first kappa shape index (κ1) is 23.3. The number of nitrogens with zero attached hydrogens (tertiary/aromatic N) is 2. The van der Waals surface area contributed by atoms with Crippen molar-refractivity contribution in [1.29, 1.82) is 0 Å². The van der Waals surface area contributed by atoms with E-state index in [9.17, 15) is 14.7 Å². The molecule has 32 heavy (non-hydrogen) atoms. The number of Topliss-reactive ketones (excluding diaryl/α,β-unsaturated/α-hetero) is 1. The molecule has 1 fully saturated rings. The van der Waals surface area contributed by atoms with Crippen LogP contribution in [0, 0.1) is 0 Å². The van der Waals surface area contributed by atoms with Crippen molar-refractivity contribution in [1.82, 2.24) is 9.80 Å². The average molecular weight is 439 g/mol. The minimum absolute atomic E-state index is 0.0755. The molecule has 0 radical (unpaired) electrons. The number of benzene rings is 2. The molecule has 0 aromatic heterocycles. The predicted molar refractivity (Wildman–Crippen MR) is 123 cm³/mol. The highest BCUT2D eigenvalue weighted by molar-refractivity contribution is 6.46. The van der Waals surface area contributed by atoms with Gasteiger partial charge in [-0.25, -0.2) is 0 Å². The summed E-state index contributed by atoms with van der Waals surface area (Å²) in [6, 6.07) is 13.5. The normalized spacial score (nSPS) is 17.8. The van der Waals surface area contributed by atoms with Crippen LogP contribution in [0.1, 0.15) is 31.0 Å². The van der Waals surface area contributed by atoms with Gasteiger partial charge >= 0.3 is 0 Å². The van der Waals surface area contributed by atoms with Gasteiger partial charge in [-0.15, -0.1) is 0 Å². The highest BCUT2D eigenvalue weighted by Crippen LogP contribution is 2.40. The van der Waals surface area contributed by atoms with E-state index in [1.165, 1.54) is 4.90 Å². The van der Waals surface area contributed by atoms with Gasteiger partial charge in [0.05, 0.1) is 24.8 Å². The number of ketones is 1. The molecule has 1 saturated heterocycles. The van der Waals surface area contributed by atoms with Crippen LogP contribution in [-0.4, -0.2) is 67.0 Å². The molecule has 1 heterocycles. The molecule has 2 aromatic rings. The molecule has 1 aliphatic rings. The summed E-state index contributed by atoms with van der Waals surface area (Å²) in [6.07, 6.45) is 0. The maximum atomic E-state index is 13.1. The molecule has 3 rings (SSSR count). The zero-order chi connectivity index (χ0) is 23.3. The first-order valence-electron chi connectivity index (χ1n) is 10.8. The number of rotatable bonds is 9. The second-order valence-electron chi connectivity index (χ2n) is 7.76. The topological polar surface area (TPSA) is 79.3 Å². The number of aliphatic hydroxyl groups excluding tert-OH is 1. The summed E-state index contributed by atoms with van der Waals surface area (Å²) < 4.78 is 11.0. The van der Waals surface area contributed by atoms with Crippen molar-refractivity contribution in [3.05, 3.63) is 65.2 Å². The van der Waals surface area contributed by atoms with E-state index in [0.29, 0.717) is 43.4 Å². The van der Waals surface area contributed by atoms with Crippen LogP contribution in [0.5, 0.6) is 11.5 Å². The number of ether oxygens (including phenoxy) is 2. The lowest BCUT2D eigenvalue weighted by molar-refractivity contribution is -0.140. The first-order valence-corrected chi connectivity index (χ1v) is 10.8. The van der Waals surface area contributed by atoms with Gasteiger partial charge in [0.1, 0.15) is 17.3 Å². The Bertz CT molecular complexity index is 998. The molecule has 0 spiro atoms. The van der Waals surface area contributed by atoms with Gasteiger partial charge in [-0.05, 0) is 57.8 Å². The SMILES string of the molecule is CCOc1ccc(C2C(=C(O)c3cccc(OCC)c3)C(=O)C(=O)N2CCN(C)C)cc1. The Morgan fingerprint density at radius 1 is 1.00 bits per heavy atom. The molecule has 0 bridgehead atoms. The fraction of sp³-hybridized carbons (Fsp3) is 0.360. The Balaban J connectivity index is 2.10. The van der Waals surface area contributed by atoms with E-state index >= 15 is 0 Å². The Hall–Kier alpha value is -3.32. The Morgan fingerprint density at radius 3 is 2.28 bits per heavy atom.